The molecule has 3 aromatic rings. The van der Waals surface area contributed by atoms with E-state index in [4.69, 9.17) is 4.74 Å². The fraction of sp³-hybridized carbons (Fsp3) is 0.381. The molecular weight excluding hydrogens is 380 g/mol. The normalized spacial score (nSPS) is 12.5. The molecule has 0 fully saturated rings. The van der Waals surface area contributed by atoms with Crippen molar-refractivity contribution >= 4 is 11.6 Å². The Bertz CT molecular complexity index is 1030. The van der Waals surface area contributed by atoms with Crippen LogP contribution < -0.4 is 0 Å². The second-order valence-electron chi connectivity index (χ2n) is 6.85. The van der Waals surface area contributed by atoms with Crippen LogP contribution in [0.25, 0.3) is 5.65 Å². The van der Waals surface area contributed by atoms with Crippen molar-refractivity contribution in [2.24, 2.45) is 0 Å². The van der Waals surface area contributed by atoms with E-state index in [0.29, 0.717) is 11.2 Å². The number of nitrogens with zero attached hydrogens (tertiary/aromatic N) is 3. The average molecular weight is 403 g/mol. The van der Waals surface area contributed by atoms with E-state index in [9.17, 15) is 18.7 Å². The number of halogens is 2. The van der Waals surface area contributed by atoms with Crippen molar-refractivity contribution in [2.45, 2.75) is 46.1 Å². The molecule has 0 aliphatic heterocycles. The maximum atomic E-state index is 13.2. The number of hydrogen-bond donors (Lipinski definition) is 1. The summed E-state index contributed by atoms with van der Waals surface area (Å²) in [5.41, 5.74) is 4.28. The van der Waals surface area contributed by atoms with E-state index in [1.54, 1.807) is 19.9 Å². The molecule has 0 radical (unpaired) electrons. The number of esters is 1. The Balaban J connectivity index is 2.13. The number of aryl methyl sites for hydroxylation is 2. The van der Waals surface area contributed by atoms with Gasteiger partial charge in [-0.05, 0) is 54.7 Å². The Kier molecular flexibility index (Phi) is 6.22. The highest BCUT2D eigenvalue weighted by atomic mass is 19.3. The molecule has 0 spiro atoms. The summed E-state index contributed by atoms with van der Waals surface area (Å²) in [7, 11) is 0. The van der Waals surface area contributed by atoms with E-state index < -0.39 is 12.2 Å². The number of aliphatic hydroxyl groups excluding tert-OH is 1. The molecular formula is C21H23F2N3O3. The minimum atomic E-state index is -2.74. The number of alkyl halides is 2. The maximum absolute atomic E-state index is 13.2. The largest absolute Gasteiger partial charge is 0.466 e. The van der Waals surface area contributed by atoms with Gasteiger partial charge in [0, 0.05) is 12.1 Å². The molecule has 0 saturated heterocycles. The first kappa shape index (κ1) is 20.9. The van der Waals surface area contributed by atoms with Gasteiger partial charge >= 0.3 is 5.97 Å². The lowest BCUT2D eigenvalue weighted by molar-refractivity contribution is -0.143. The molecule has 6 nitrogen and oxygen atoms in total. The molecule has 0 bridgehead atoms. The monoisotopic (exact) mass is 403 g/mol. The van der Waals surface area contributed by atoms with E-state index in [-0.39, 0.29) is 31.5 Å². The third-order valence-electron chi connectivity index (χ3n) is 5.09. The highest BCUT2D eigenvalue weighted by Crippen LogP contribution is 2.34. The van der Waals surface area contributed by atoms with Crippen molar-refractivity contribution in [3.05, 3.63) is 64.1 Å². The summed E-state index contributed by atoms with van der Waals surface area (Å²) in [5, 5.41) is 17.1. The fourth-order valence-corrected chi connectivity index (χ4v) is 3.51. The second kappa shape index (κ2) is 8.65. The topological polar surface area (TPSA) is 76.7 Å². The van der Waals surface area contributed by atoms with E-state index in [1.165, 1.54) is 10.6 Å². The zero-order valence-corrected chi connectivity index (χ0v) is 16.5. The van der Waals surface area contributed by atoms with Crippen LogP contribution in [0.5, 0.6) is 0 Å². The summed E-state index contributed by atoms with van der Waals surface area (Å²) in [4.78, 5) is 12.3. The van der Waals surface area contributed by atoms with Crippen LogP contribution in [0.15, 0.2) is 30.5 Å². The number of hydrogen-bond acceptors (Lipinski definition) is 5. The molecule has 29 heavy (non-hydrogen) atoms. The quantitative estimate of drug-likeness (QED) is 0.606. The van der Waals surface area contributed by atoms with Crippen LogP contribution in [-0.4, -0.2) is 32.3 Å². The van der Waals surface area contributed by atoms with Crippen LogP contribution in [0.1, 0.15) is 59.3 Å². The van der Waals surface area contributed by atoms with Gasteiger partial charge in [0.05, 0.1) is 19.6 Å². The summed E-state index contributed by atoms with van der Waals surface area (Å²) in [6.07, 6.45) is -1.16. The van der Waals surface area contributed by atoms with Crippen LogP contribution >= 0.6 is 0 Å². The van der Waals surface area contributed by atoms with E-state index in [1.807, 2.05) is 25.1 Å². The SMILES string of the molecule is CCOC(=O)CC(c1ccc(C)c(CO)c1)c1ccn2c(C(F)F)nnc2c1C. The van der Waals surface area contributed by atoms with Crippen molar-refractivity contribution in [3.63, 3.8) is 0 Å². The van der Waals surface area contributed by atoms with E-state index in [0.717, 1.165) is 22.3 Å². The van der Waals surface area contributed by atoms with Crippen LogP contribution in [0.2, 0.25) is 0 Å². The summed E-state index contributed by atoms with van der Waals surface area (Å²) < 4.78 is 32.7. The first-order valence-corrected chi connectivity index (χ1v) is 9.35. The Morgan fingerprint density at radius 2 is 2.00 bits per heavy atom. The molecule has 2 heterocycles. The van der Waals surface area contributed by atoms with E-state index >= 15 is 0 Å². The lowest BCUT2D eigenvalue weighted by Gasteiger charge is -2.21. The van der Waals surface area contributed by atoms with Crippen LogP contribution in [0.3, 0.4) is 0 Å². The Hall–Kier alpha value is -2.87. The lowest BCUT2D eigenvalue weighted by atomic mass is 9.85. The predicted octanol–water partition coefficient (Wildman–Crippen LogP) is 3.86. The van der Waals surface area contributed by atoms with Gasteiger partial charge in [0.2, 0.25) is 5.82 Å². The smallest absolute Gasteiger partial charge is 0.306 e. The zero-order chi connectivity index (χ0) is 21.1. The highest BCUT2D eigenvalue weighted by molar-refractivity contribution is 5.72. The van der Waals surface area contributed by atoms with Gasteiger partial charge in [-0.15, -0.1) is 10.2 Å². The van der Waals surface area contributed by atoms with Crippen LogP contribution in [-0.2, 0) is 16.1 Å². The Morgan fingerprint density at radius 1 is 1.24 bits per heavy atom. The summed E-state index contributed by atoms with van der Waals surface area (Å²) >= 11 is 0. The van der Waals surface area contributed by atoms with Crippen molar-refractivity contribution < 1.29 is 23.4 Å². The number of carbonyl (C=O) groups is 1. The van der Waals surface area contributed by atoms with Crippen molar-refractivity contribution in [2.75, 3.05) is 6.61 Å². The van der Waals surface area contributed by atoms with Gasteiger partial charge in [0.1, 0.15) is 0 Å². The van der Waals surface area contributed by atoms with Gasteiger partial charge in [0.15, 0.2) is 5.65 Å². The molecule has 1 aromatic carbocycles. The number of aliphatic hydroxyl groups is 1. The first-order valence-electron chi connectivity index (χ1n) is 9.35. The lowest BCUT2D eigenvalue weighted by Crippen LogP contribution is -2.14. The van der Waals surface area contributed by atoms with Gasteiger partial charge < -0.3 is 9.84 Å². The number of fused-ring (bicyclic) bond motifs is 1. The number of aromatic nitrogens is 3. The van der Waals surface area contributed by atoms with Crippen LogP contribution in [0, 0.1) is 13.8 Å². The highest BCUT2D eigenvalue weighted by Gasteiger charge is 2.25. The molecule has 1 atom stereocenters. The number of benzene rings is 1. The van der Waals surface area contributed by atoms with Gasteiger partial charge in [-0.1, -0.05) is 18.2 Å². The number of pyridine rings is 1. The van der Waals surface area contributed by atoms with Crippen LogP contribution in [0.4, 0.5) is 8.78 Å². The predicted molar refractivity (Wildman–Crippen MR) is 103 cm³/mol. The summed E-state index contributed by atoms with van der Waals surface area (Å²) in [5.74, 6) is -1.16. The minimum absolute atomic E-state index is 0.0780. The molecule has 0 amide bonds. The zero-order valence-electron chi connectivity index (χ0n) is 16.5. The van der Waals surface area contributed by atoms with Crippen molar-refractivity contribution in [3.8, 4) is 0 Å². The maximum Gasteiger partial charge on any atom is 0.306 e. The van der Waals surface area contributed by atoms with Gasteiger partial charge in [0.25, 0.3) is 6.43 Å². The third kappa shape index (κ3) is 4.12. The number of carbonyl (C=O) groups excluding carboxylic acids is 1. The molecule has 8 heteroatoms. The average Bonchev–Trinajstić information content (AvgIpc) is 3.13. The molecule has 2 aromatic heterocycles. The Labute approximate surface area is 167 Å². The molecule has 0 aliphatic rings. The van der Waals surface area contributed by atoms with Gasteiger partial charge in [-0.25, -0.2) is 8.78 Å². The molecule has 154 valence electrons. The third-order valence-corrected chi connectivity index (χ3v) is 5.09. The molecule has 0 saturated carbocycles. The summed E-state index contributed by atoms with van der Waals surface area (Å²) in [6.45, 7) is 5.55. The van der Waals surface area contributed by atoms with Crippen molar-refractivity contribution in [1.82, 2.24) is 14.6 Å². The van der Waals surface area contributed by atoms with Gasteiger partial charge in [-0.2, -0.15) is 0 Å². The fourth-order valence-electron chi connectivity index (χ4n) is 3.51. The number of ether oxygens (including phenoxy) is 1. The molecule has 1 unspecified atom stereocenters. The Morgan fingerprint density at radius 3 is 2.66 bits per heavy atom. The standard InChI is InChI=1S/C21H23F2N3O3/c1-4-29-18(28)10-17(14-6-5-12(2)15(9-14)11-27)16-7-8-26-20(13(16)3)24-25-21(26)19(22)23/h5-9,17,19,27H,4,10-11H2,1-3H3. The second-order valence-corrected chi connectivity index (χ2v) is 6.85. The van der Waals surface area contributed by atoms with Gasteiger partial charge in [-0.3, -0.25) is 9.20 Å². The molecule has 3 rings (SSSR count). The van der Waals surface area contributed by atoms with Crippen molar-refractivity contribution in [1.29, 1.82) is 0 Å². The molecule has 0 aliphatic carbocycles. The van der Waals surface area contributed by atoms with E-state index in [2.05, 4.69) is 10.2 Å². The first-order chi connectivity index (χ1) is 13.9. The minimum Gasteiger partial charge on any atom is -0.466 e. The number of rotatable bonds is 7. The summed E-state index contributed by atoms with van der Waals surface area (Å²) in [6, 6.07) is 7.35. The molecule has 1 N–H and O–H groups in total.